The van der Waals surface area contributed by atoms with Gasteiger partial charge in [-0.3, -0.25) is 4.79 Å². The van der Waals surface area contributed by atoms with Crippen molar-refractivity contribution in [3.63, 3.8) is 0 Å². The van der Waals surface area contributed by atoms with Gasteiger partial charge in [0.05, 0.1) is 17.2 Å². The Morgan fingerprint density at radius 3 is 3.21 bits per heavy atom. The number of thiophene rings is 1. The van der Waals surface area contributed by atoms with Gasteiger partial charge in [0.1, 0.15) is 0 Å². The molecule has 0 spiro atoms. The van der Waals surface area contributed by atoms with E-state index < -0.39 is 0 Å². The molecule has 1 unspecified atom stereocenters. The molecular weight excluding hydrogens is 194 g/mol. The number of amides is 1. The van der Waals surface area contributed by atoms with Crippen molar-refractivity contribution >= 4 is 23.0 Å². The number of aliphatic imine (C=N–C) groups is 1. The van der Waals surface area contributed by atoms with E-state index in [1.807, 2.05) is 29.7 Å². The lowest BCUT2D eigenvalue weighted by Gasteiger charge is -2.19. The number of allylic oxidation sites excluding steroid dienone is 4. The summed E-state index contributed by atoms with van der Waals surface area (Å²) in [5.41, 5.74) is 1.64. The Hall–Kier alpha value is -1.48. The van der Waals surface area contributed by atoms with Crippen LogP contribution in [-0.2, 0) is 0 Å². The first-order valence-electron chi connectivity index (χ1n) is 4.41. The molecule has 2 aliphatic rings. The third-order valence-corrected chi connectivity index (χ3v) is 3.44. The van der Waals surface area contributed by atoms with Gasteiger partial charge in [0.2, 0.25) is 0 Å². The van der Waals surface area contributed by atoms with Crippen molar-refractivity contribution in [3.8, 4) is 0 Å². The monoisotopic (exact) mass is 201 g/mol. The van der Waals surface area contributed by atoms with Crippen molar-refractivity contribution in [3.05, 3.63) is 46.2 Å². The number of carbonyl (C=O) groups excluding carboxylic acids is 1. The van der Waals surface area contributed by atoms with Crippen LogP contribution in [0.5, 0.6) is 0 Å². The Morgan fingerprint density at radius 2 is 2.29 bits per heavy atom. The SMILES string of the molecule is O=C1N=C2C=CC=CC2c2sccc21. The highest BCUT2D eigenvalue weighted by Gasteiger charge is 2.27. The molecule has 0 fully saturated rings. The van der Waals surface area contributed by atoms with E-state index in [0.717, 1.165) is 16.2 Å². The van der Waals surface area contributed by atoms with Gasteiger partial charge < -0.3 is 0 Å². The van der Waals surface area contributed by atoms with E-state index in [0.29, 0.717) is 0 Å². The molecule has 1 aliphatic heterocycles. The van der Waals surface area contributed by atoms with Crippen LogP contribution in [0.25, 0.3) is 0 Å². The summed E-state index contributed by atoms with van der Waals surface area (Å²) in [5.74, 6) is 0.0974. The quantitative estimate of drug-likeness (QED) is 0.634. The molecule has 1 aromatic rings. The average molecular weight is 201 g/mol. The zero-order chi connectivity index (χ0) is 9.54. The molecule has 1 aliphatic carbocycles. The third kappa shape index (κ3) is 0.960. The summed E-state index contributed by atoms with van der Waals surface area (Å²) >= 11 is 1.63. The second-order valence-electron chi connectivity index (χ2n) is 3.26. The Kier molecular flexibility index (Phi) is 1.55. The van der Waals surface area contributed by atoms with Crippen molar-refractivity contribution in [2.24, 2.45) is 4.99 Å². The molecule has 0 saturated carbocycles. The minimum atomic E-state index is -0.104. The van der Waals surface area contributed by atoms with Gasteiger partial charge in [0.25, 0.3) is 5.91 Å². The van der Waals surface area contributed by atoms with E-state index in [-0.39, 0.29) is 11.8 Å². The zero-order valence-corrected chi connectivity index (χ0v) is 8.12. The molecule has 1 aromatic heterocycles. The molecule has 0 saturated heterocycles. The van der Waals surface area contributed by atoms with Crippen molar-refractivity contribution in [1.29, 1.82) is 0 Å². The fourth-order valence-corrected chi connectivity index (χ4v) is 2.76. The van der Waals surface area contributed by atoms with Gasteiger partial charge in [0, 0.05) is 4.88 Å². The molecule has 1 amide bonds. The standard InChI is InChI=1S/C11H7NOS/c13-11-8-5-6-14-10(8)7-3-1-2-4-9(7)12-11/h1-7H. The van der Waals surface area contributed by atoms with E-state index in [2.05, 4.69) is 11.1 Å². The van der Waals surface area contributed by atoms with Gasteiger partial charge in [-0.1, -0.05) is 18.2 Å². The van der Waals surface area contributed by atoms with E-state index in [9.17, 15) is 4.79 Å². The molecule has 0 radical (unpaired) electrons. The van der Waals surface area contributed by atoms with Crippen LogP contribution in [0.1, 0.15) is 21.2 Å². The first-order chi connectivity index (χ1) is 6.86. The number of fused-ring (bicyclic) bond motifs is 3. The van der Waals surface area contributed by atoms with Gasteiger partial charge in [-0.05, 0) is 17.5 Å². The summed E-state index contributed by atoms with van der Waals surface area (Å²) in [5, 5.41) is 1.95. The predicted molar refractivity (Wildman–Crippen MR) is 57.1 cm³/mol. The van der Waals surface area contributed by atoms with Crippen molar-refractivity contribution < 1.29 is 4.79 Å². The topological polar surface area (TPSA) is 29.4 Å². The van der Waals surface area contributed by atoms with Crippen LogP contribution in [0, 0.1) is 0 Å². The number of rotatable bonds is 0. The molecular formula is C11H7NOS. The second-order valence-corrected chi connectivity index (χ2v) is 4.21. The number of hydrogen-bond donors (Lipinski definition) is 0. The molecule has 1 atom stereocenters. The van der Waals surface area contributed by atoms with Crippen LogP contribution in [0.4, 0.5) is 0 Å². The van der Waals surface area contributed by atoms with E-state index >= 15 is 0 Å². The third-order valence-electron chi connectivity index (χ3n) is 2.44. The van der Waals surface area contributed by atoms with Crippen molar-refractivity contribution in [2.45, 2.75) is 5.92 Å². The zero-order valence-electron chi connectivity index (χ0n) is 7.31. The minimum absolute atomic E-state index is 0.104. The van der Waals surface area contributed by atoms with E-state index in [1.165, 1.54) is 0 Å². The first-order valence-corrected chi connectivity index (χ1v) is 5.29. The van der Waals surface area contributed by atoms with Crippen LogP contribution in [0.3, 0.4) is 0 Å². The lowest BCUT2D eigenvalue weighted by Crippen LogP contribution is -2.18. The second kappa shape index (κ2) is 2.75. The highest BCUT2D eigenvalue weighted by atomic mass is 32.1. The Bertz CT molecular complexity index is 493. The average Bonchev–Trinajstić information content (AvgIpc) is 2.67. The van der Waals surface area contributed by atoms with Gasteiger partial charge in [-0.25, -0.2) is 4.99 Å². The lowest BCUT2D eigenvalue weighted by atomic mass is 9.92. The highest BCUT2D eigenvalue weighted by molar-refractivity contribution is 7.10. The van der Waals surface area contributed by atoms with Crippen molar-refractivity contribution in [1.82, 2.24) is 0 Å². The molecule has 2 nitrogen and oxygen atoms in total. The molecule has 3 heteroatoms. The number of hydrogen-bond acceptors (Lipinski definition) is 2. The predicted octanol–water partition coefficient (Wildman–Crippen LogP) is 2.55. The summed E-state index contributed by atoms with van der Waals surface area (Å²) in [6, 6.07) is 1.86. The largest absolute Gasteiger partial charge is 0.278 e. The normalized spacial score (nSPS) is 23.0. The molecule has 68 valence electrons. The van der Waals surface area contributed by atoms with Gasteiger partial charge in [-0.2, -0.15) is 0 Å². The Morgan fingerprint density at radius 1 is 1.36 bits per heavy atom. The van der Waals surface area contributed by atoms with Crippen LogP contribution in [0.15, 0.2) is 40.7 Å². The van der Waals surface area contributed by atoms with Gasteiger partial charge in [-0.15, -0.1) is 11.3 Å². The Balaban J connectivity index is 2.23. The van der Waals surface area contributed by atoms with Gasteiger partial charge >= 0.3 is 0 Å². The van der Waals surface area contributed by atoms with E-state index in [4.69, 9.17) is 0 Å². The lowest BCUT2D eigenvalue weighted by molar-refractivity contribution is 0.100. The molecule has 0 aromatic carbocycles. The summed E-state index contributed by atoms with van der Waals surface area (Å²) < 4.78 is 0. The van der Waals surface area contributed by atoms with Crippen LogP contribution < -0.4 is 0 Å². The molecule has 0 bridgehead atoms. The summed E-state index contributed by atoms with van der Waals surface area (Å²) in [4.78, 5) is 16.8. The number of carbonyl (C=O) groups is 1. The smallest absolute Gasteiger partial charge is 0.267 e. The maximum absolute atomic E-state index is 11.6. The minimum Gasteiger partial charge on any atom is -0.267 e. The van der Waals surface area contributed by atoms with Crippen molar-refractivity contribution in [2.75, 3.05) is 0 Å². The van der Waals surface area contributed by atoms with E-state index in [1.54, 1.807) is 11.3 Å². The molecule has 14 heavy (non-hydrogen) atoms. The summed E-state index contributed by atoms with van der Waals surface area (Å²) in [7, 11) is 0. The summed E-state index contributed by atoms with van der Waals surface area (Å²) in [6.45, 7) is 0. The molecule has 2 heterocycles. The van der Waals surface area contributed by atoms with Crippen LogP contribution >= 0.6 is 11.3 Å². The van der Waals surface area contributed by atoms with Crippen LogP contribution in [-0.4, -0.2) is 11.6 Å². The molecule has 0 N–H and O–H groups in total. The fourth-order valence-electron chi connectivity index (χ4n) is 1.78. The fraction of sp³-hybridized carbons (Fsp3) is 0.0909. The maximum atomic E-state index is 11.6. The Labute approximate surface area is 85.3 Å². The maximum Gasteiger partial charge on any atom is 0.278 e. The summed E-state index contributed by atoms with van der Waals surface area (Å²) in [6.07, 6.45) is 7.91. The first kappa shape index (κ1) is 7.88. The highest BCUT2D eigenvalue weighted by Crippen LogP contribution is 2.34. The number of nitrogens with zero attached hydrogens (tertiary/aromatic N) is 1. The van der Waals surface area contributed by atoms with Crippen LogP contribution in [0.2, 0.25) is 0 Å². The van der Waals surface area contributed by atoms with Gasteiger partial charge in [0.15, 0.2) is 0 Å². The molecule has 3 rings (SSSR count).